The molecule has 1 rings (SSSR count). The number of nitrogens with zero attached hydrogens (tertiary/aromatic N) is 1. The Morgan fingerprint density at radius 1 is 1.40 bits per heavy atom. The van der Waals surface area contributed by atoms with E-state index in [1.165, 1.54) is 0 Å². The number of hydrazone groups is 1. The standard InChI is InChI=1S/C15H19N3OS/c1-4-11-16-15(20)18-17-12(2)5-6-13-7-9-14(19-3)10-8-13/h4-10H,1,11H2,2-3H3,(H2,16,18,20)/b6-5?,17-12+. The molecule has 0 radical (unpaired) electrons. The molecule has 0 aliphatic carbocycles. The van der Waals surface area contributed by atoms with Crippen molar-refractivity contribution in [2.75, 3.05) is 13.7 Å². The van der Waals surface area contributed by atoms with Gasteiger partial charge in [0.1, 0.15) is 5.75 Å². The van der Waals surface area contributed by atoms with Crippen LogP contribution in [0.15, 0.2) is 48.1 Å². The normalized spacial score (nSPS) is 11.2. The van der Waals surface area contributed by atoms with E-state index in [-0.39, 0.29) is 0 Å². The maximum atomic E-state index is 5.11. The first kappa shape index (κ1) is 15.9. The molecule has 0 aliphatic heterocycles. The fraction of sp³-hybridized carbons (Fsp3) is 0.200. The molecule has 0 atom stereocenters. The topological polar surface area (TPSA) is 45.7 Å². The third kappa shape index (κ3) is 6.15. The number of benzene rings is 1. The first-order chi connectivity index (χ1) is 9.65. The number of ether oxygens (including phenoxy) is 1. The van der Waals surface area contributed by atoms with Crippen molar-refractivity contribution in [2.24, 2.45) is 5.10 Å². The zero-order chi connectivity index (χ0) is 14.8. The summed E-state index contributed by atoms with van der Waals surface area (Å²) in [6.45, 7) is 6.10. The Kier molecular flexibility index (Phi) is 7.06. The van der Waals surface area contributed by atoms with Crippen LogP contribution in [0.25, 0.3) is 6.08 Å². The molecule has 0 fully saturated rings. The van der Waals surface area contributed by atoms with E-state index in [4.69, 9.17) is 17.0 Å². The number of methoxy groups -OCH3 is 1. The Bertz CT molecular complexity index is 506. The van der Waals surface area contributed by atoms with Gasteiger partial charge in [0, 0.05) is 6.54 Å². The number of allylic oxidation sites excluding steroid dienone is 1. The lowest BCUT2D eigenvalue weighted by atomic mass is 10.2. The second-order valence-electron chi connectivity index (χ2n) is 3.97. The molecule has 0 bridgehead atoms. The second kappa shape index (κ2) is 8.87. The molecule has 0 aromatic heterocycles. The van der Waals surface area contributed by atoms with Crippen molar-refractivity contribution in [3.05, 3.63) is 48.6 Å². The number of thiocarbonyl (C=S) groups is 1. The molecule has 0 saturated heterocycles. The average molecular weight is 289 g/mol. The Labute approximate surface area is 125 Å². The molecule has 5 heteroatoms. The zero-order valence-electron chi connectivity index (χ0n) is 11.7. The summed E-state index contributed by atoms with van der Waals surface area (Å²) < 4.78 is 5.11. The van der Waals surface area contributed by atoms with E-state index in [1.807, 2.05) is 43.3 Å². The third-order valence-electron chi connectivity index (χ3n) is 2.37. The molecule has 0 saturated carbocycles. The van der Waals surface area contributed by atoms with Gasteiger partial charge in [0.2, 0.25) is 0 Å². The summed E-state index contributed by atoms with van der Waals surface area (Å²) in [4.78, 5) is 0. The highest BCUT2D eigenvalue weighted by Crippen LogP contribution is 2.12. The zero-order valence-corrected chi connectivity index (χ0v) is 12.5. The Hall–Kier alpha value is -2.14. The van der Waals surface area contributed by atoms with Crippen molar-refractivity contribution in [1.82, 2.24) is 10.7 Å². The fourth-order valence-corrected chi connectivity index (χ4v) is 1.44. The van der Waals surface area contributed by atoms with E-state index in [0.29, 0.717) is 11.7 Å². The summed E-state index contributed by atoms with van der Waals surface area (Å²) in [5, 5.41) is 7.55. The summed E-state index contributed by atoms with van der Waals surface area (Å²) >= 11 is 5.03. The fourth-order valence-electron chi connectivity index (χ4n) is 1.31. The molecule has 4 nitrogen and oxygen atoms in total. The van der Waals surface area contributed by atoms with E-state index < -0.39 is 0 Å². The van der Waals surface area contributed by atoms with Gasteiger partial charge in [0.15, 0.2) is 5.11 Å². The van der Waals surface area contributed by atoms with Crippen LogP contribution in [-0.2, 0) is 0 Å². The van der Waals surface area contributed by atoms with Gasteiger partial charge < -0.3 is 10.1 Å². The number of hydrogen-bond acceptors (Lipinski definition) is 3. The second-order valence-corrected chi connectivity index (χ2v) is 4.38. The van der Waals surface area contributed by atoms with Gasteiger partial charge in [0.25, 0.3) is 0 Å². The van der Waals surface area contributed by atoms with Crippen LogP contribution in [0.5, 0.6) is 5.75 Å². The van der Waals surface area contributed by atoms with Gasteiger partial charge in [-0.3, -0.25) is 5.43 Å². The molecule has 0 spiro atoms. The first-order valence-corrected chi connectivity index (χ1v) is 6.57. The number of hydrogen-bond donors (Lipinski definition) is 2. The van der Waals surface area contributed by atoms with Crippen LogP contribution in [0.1, 0.15) is 12.5 Å². The van der Waals surface area contributed by atoms with Gasteiger partial charge in [-0.2, -0.15) is 5.10 Å². The Morgan fingerprint density at radius 3 is 2.70 bits per heavy atom. The maximum absolute atomic E-state index is 5.11. The van der Waals surface area contributed by atoms with Crippen LogP contribution in [-0.4, -0.2) is 24.5 Å². The van der Waals surface area contributed by atoms with E-state index in [1.54, 1.807) is 13.2 Å². The molecule has 106 valence electrons. The molecular formula is C15H19N3OS. The van der Waals surface area contributed by atoms with Crippen molar-refractivity contribution >= 4 is 29.1 Å². The van der Waals surface area contributed by atoms with Crippen LogP contribution >= 0.6 is 12.2 Å². The minimum atomic E-state index is 0.474. The molecule has 0 heterocycles. The lowest BCUT2D eigenvalue weighted by Crippen LogP contribution is -2.32. The van der Waals surface area contributed by atoms with Crippen molar-refractivity contribution in [1.29, 1.82) is 0 Å². The number of rotatable bonds is 6. The van der Waals surface area contributed by atoms with Crippen LogP contribution in [0, 0.1) is 0 Å². The molecule has 1 aromatic rings. The average Bonchev–Trinajstić information content (AvgIpc) is 2.49. The molecule has 0 aliphatic rings. The molecule has 1 aromatic carbocycles. The van der Waals surface area contributed by atoms with Gasteiger partial charge in [-0.1, -0.05) is 24.3 Å². The summed E-state index contributed by atoms with van der Waals surface area (Å²) in [6.07, 6.45) is 5.61. The highest BCUT2D eigenvalue weighted by molar-refractivity contribution is 7.80. The number of nitrogens with one attached hydrogen (secondary N) is 2. The van der Waals surface area contributed by atoms with Gasteiger partial charge >= 0.3 is 0 Å². The maximum Gasteiger partial charge on any atom is 0.187 e. The first-order valence-electron chi connectivity index (χ1n) is 6.17. The van der Waals surface area contributed by atoms with Crippen LogP contribution in [0.2, 0.25) is 0 Å². The van der Waals surface area contributed by atoms with E-state index in [0.717, 1.165) is 17.0 Å². The summed E-state index contributed by atoms with van der Waals surface area (Å²) in [5.41, 5.74) is 4.66. The minimum absolute atomic E-state index is 0.474. The van der Waals surface area contributed by atoms with Crippen molar-refractivity contribution < 1.29 is 4.74 Å². The Balaban J connectivity index is 2.50. The van der Waals surface area contributed by atoms with Gasteiger partial charge in [0.05, 0.1) is 12.8 Å². The largest absolute Gasteiger partial charge is 0.497 e. The van der Waals surface area contributed by atoms with Crippen molar-refractivity contribution in [2.45, 2.75) is 6.92 Å². The lowest BCUT2D eigenvalue weighted by Gasteiger charge is -2.04. The van der Waals surface area contributed by atoms with E-state index in [9.17, 15) is 0 Å². The molecule has 0 unspecified atom stereocenters. The monoisotopic (exact) mass is 289 g/mol. The van der Waals surface area contributed by atoms with E-state index >= 15 is 0 Å². The van der Waals surface area contributed by atoms with Crippen molar-refractivity contribution in [3.8, 4) is 5.75 Å². The summed E-state index contributed by atoms with van der Waals surface area (Å²) in [6, 6.07) is 7.79. The van der Waals surface area contributed by atoms with Gasteiger partial charge in [-0.15, -0.1) is 6.58 Å². The van der Waals surface area contributed by atoms with Crippen LogP contribution in [0.3, 0.4) is 0 Å². The molecule has 2 N–H and O–H groups in total. The minimum Gasteiger partial charge on any atom is -0.497 e. The lowest BCUT2D eigenvalue weighted by molar-refractivity contribution is 0.415. The van der Waals surface area contributed by atoms with Crippen LogP contribution < -0.4 is 15.5 Å². The van der Waals surface area contributed by atoms with Gasteiger partial charge in [-0.05, 0) is 42.9 Å². The molecule has 0 amide bonds. The summed E-state index contributed by atoms with van der Waals surface area (Å²) in [7, 11) is 1.65. The molecule has 20 heavy (non-hydrogen) atoms. The smallest absolute Gasteiger partial charge is 0.187 e. The summed E-state index contributed by atoms with van der Waals surface area (Å²) in [5.74, 6) is 0.841. The van der Waals surface area contributed by atoms with Gasteiger partial charge in [-0.25, -0.2) is 0 Å². The SMILES string of the molecule is C=CCNC(=S)N/N=C(\C)C=Cc1ccc(OC)cc1. The predicted octanol–water partition coefficient (Wildman–Crippen LogP) is 2.73. The Morgan fingerprint density at radius 2 is 2.10 bits per heavy atom. The van der Waals surface area contributed by atoms with Crippen molar-refractivity contribution in [3.63, 3.8) is 0 Å². The van der Waals surface area contributed by atoms with Crippen LogP contribution in [0.4, 0.5) is 0 Å². The quantitative estimate of drug-likeness (QED) is 0.366. The highest BCUT2D eigenvalue weighted by atomic mass is 32.1. The predicted molar refractivity (Wildman–Crippen MR) is 89.1 cm³/mol. The highest BCUT2D eigenvalue weighted by Gasteiger charge is 1.92. The van der Waals surface area contributed by atoms with E-state index in [2.05, 4.69) is 22.4 Å². The molecular weight excluding hydrogens is 270 g/mol. The third-order valence-corrected chi connectivity index (χ3v) is 2.61.